The number of rotatable bonds is 1. The number of carboxylic acids is 1. The fraction of sp³-hybridized carbons (Fsp3) is 0.875. The van der Waals surface area contributed by atoms with E-state index >= 15 is 0 Å². The SMILES string of the molecule is N[C@@H]1[C@@H]2CC[C@H](C2)[C@H]1C(=O)O. The minimum atomic E-state index is -0.690. The molecule has 2 bridgehead atoms. The summed E-state index contributed by atoms with van der Waals surface area (Å²) in [6.45, 7) is 0. The maximum atomic E-state index is 10.7. The topological polar surface area (TPSA) is 63.3 Å². The lowest BCUT2D eigenvalue weighted by Crippen LogP contribution is -2.40. The second-order valence-corrected chi connectivity index (χ2v) is 3.77. The molecular formula is C8H13NO2. The smallest absolute Gasteiger partial charge is 0.308 e. The Morgan fingerprint density at radius 2 is 2.00 bits per heavy atom. The van der Waals surface area contributed by atoms with E-state index < -0.39 is 5.97 Å². The number of carbonyl (C=O) groups is 1. The molecule has 0 radical (unpaired) electrons. The highest BCUT2D eigenvalue weighted by Gasteiger charge is 2.49. The molecule has 2 saturated carbocycles. The Morgan fingerprint density at radius 3 is 2.36 bits per heavy atom. The largest absolute Gasteiger partial charge is 0.481 e. The molecule has 3 nitrogen and oxygen atoms in total. The van der Waals surface area contributed by atoms with Gasteiger partial charge in [-0.2, -0.15) is 0 Å². The van der Waals surface area contributed by atoms with Crippen LogP contribution in [0.3, 0.4) is 0 Å². The molecule has 0 spiro atoms. The second kappa shape index (κ2) is 2.21. The molecule has 0 aromatic carbocycles. The van der Waals surface area contributed by atoms with Crippen LogP contribution in [0, 0.1) is 17.8 Å². The first-order valence-electron chi connectivity index (χ1n) is 4.18. The third kappa shape index (κ3) is 0.872. The van der Waals surface area contributed by atoms with Gasteiger partial charge in [-0.3, -0.25) is 4.79 Å². The van der Waals surface area contributed by atoms with E-state index in [9.17, 15) is 4.79 Å². The van der Waals surface area contributed by atoms with Gasteiger partial charge < -0.3 is 10.8 Å². The summed E-state index contributed by atoms with van der Waals surface area (Å²) < 4.78 is 0. The Labute approximate surface area is 65.6 Å². The summed E-state index contributed by atoms with van der Waals surface area (Å²) in [5.74, 6) is -0.0490. The van der Waals surface area contributed by atoms with Crippen LogP contribution in [0.4, 0.5) is 0 Å². The Balaban J connectivity index is 2.17. The maximum absolute atomic E-state index is 10.7. The fourth-order valence-corrected chi connectivity index (χ4v) is 2.70. The molecule has 2 aliphatic rings. The van der Waals surface area contributed by atoms with E-state index in [4.69, 9.17) is 10.8 Å². The quantitative estimate of drug-likeness (QED) is 0.577. The molecule has 0 aromatic heterocycles. The standard InChI is InChI=1S/C8H13NO2/c9-7-5-2-1-4(3-5)6(7)8(10)11/h4-7H,1-3,9H2,(H,10,11)/t4-,5-,6-,7-/m1/s1. The van der Waals surface area contributed by atoms with Gasteiger partial charge in [0.05, 0.1) is 5.92 Å². The average Bonchev–Trinajstić information content (AvgIpc) is 2.44. The minimum absolute atomic E-state index is 0.0637. The molecule has 0 aliphatic heterocycles. The van der Waals surface area contributed by atoms with Crippen molar-refractivity contribution >= 4 is 5.97 Å². The van der Waals surface area contributed by atoms with E-state index in [-0.39, 0.29) is 12.0 Å². The van der Waals surface area contributed by atoms with Crippen molar-refractivity contribution in [3.63, 3.8) is 0 Å². The Kier molecular flexibility index (Phi) is 1.42. The summed E-state index contributed by atoms with van der Waals surface area (Å²) in [7, 11) is 0. The van der Waals surface area contributed by atoms with Gasteiger partial charge in [0, 0.05) is 6.04 Å². The molecule has 0 aromatic rings. The molecular weight excluding hydrogens is 142 g/mol. The van der Waals surface area contributed by atoms with Gasteiger partial charge in [0.15, 0.2) is 0 Å². The van der Waals surface area contributed by atoms with Gasteiger partial charge >= 0.3 is 5.97 Å². The van der Waals surface area contributed by atoms with E-state index in [2.05, 4.69) is 0 Å². The summed E-state index contributed by atoms with van der Waals surface area (Å²) >= 11 is 0. The van der Waals surface area contributed by atoms with Crippen LogP contribution in [0.2, 0.25) is 0 Å². The molecule has 11 heavy (non-hydrogen) atoms. The number of hydrogen-bond acceptors (Lipinski definition) is 2. The maximum Gasteiger partial charge on any atom is 0.308 e. The van der Waals surface area contributed by atoms with Crippen molar-refractivity contribution in [3.05, 3.63) is 0 Å². The molecule has 2 aliphatic carbocycles. The Bertz CT molecular complexity index is 191. The molecule has 3 N–H and O–H groups in total. The highest BCUT2D eigenvalue weighted by molar-refractivity contribution is 5.72. The Hall–Kier alpha value is -0.570. The molecule has 0 heterocycles. The first-order valence-corrected chi connectivity index (χ1v) is 4.18. The number of carboxylic acid groups (broad SMARTS) is 1. The monoisotopic (exact) mass is 155 g/mol. The van der Waals surface area contributed by atoms with E-state index in [1.807, 2.05) is 0 Å². The zero-order valence-corrected chi connectivity index (χ0v) is 6.36. The Morgan fingerprint density at radius 1 is 1.36 bits per heavy atom. The van der Waals surface area contributed by atoms with Gasteiger partial charge in [0.2, 0.25) is 0 Å². The van der Waals surface area contributed by atoms with E-state index in [0.717, 1.165) is 19.3 Å². The van der Waals surface area contributed by atoms with Crippen molar-refractivity contribution in [2.24, 2.45) is 23.5 Å². The van der Waals surface area contributed by atoms with Gasteiger partial charge in [-0.15, -0.1) is 0 Å². The molecule has 2 rings (SSSR count). The van der Waals surface area contributed by atoms with Crippen LogP contribution in [0.5, 0.6) is 0 Å². The summed E-state index contributed by atoms with van der Waals surface area (Å²) in [6.07, 6.45) is 3.28. The van der Waals surface area contributed by atoms with Gasteiger partial charge in [-0.25, -0.2) is 0 Å². The van der Waals surface area contributed by atoms with Gasteiger partial charge in [-0.05, 0) is 31.1 Å². The van der Waals surface area contributed by atoms with Crippen molar-refractivity contribution in [2.75, 3.05) is 0 Å². The fourth-order valence-electron chi connectivity index (χ4n) is 2.70. The summed E-state index contributed by atoms with van der Waals surface area (Å²) in [4.78, 5) is 10.7. The van der Waals surface area contributed by atoms with Crippen molar-refractivity contribution in [2.45, 2.75) is 25.3 Å². The third-order valence-corrected chi connectivity index (χ3v) is 3.27. The first-order chi connectivity index (χ1) is 5.20. The summed E-state index contributed by atoms with van der Waals surface area (Å²) in [5, 5.41) is 8.83. The molecule has 4 atom stereocenters. The molecule has 0 amide bonds. The lowest BCUT2D eigenvalue weighted by atomic mass is 9.85. The summed E-state index contributed by atoms with van der Waals surface area (Å²) in [6, 6.07) is -0.0637. The van der Waals surface area contributed by atoms with E-state index in [1.54, 1.807) is 0 Å². The van der Waals surface area contributed by atoms with Crippen LogP contribution in [0.25, 0.3) is 0 Å². The zero-order valence-electron chi connectivity index (χ0n) is 6.36. The highest BCUT2D eigenvalue weighted by atomic mass is 16.4. The minimum Gasteiger partial charge on any atom is -0.481 e. The number of fused-ring (bicyclic) bond motifs is 2. The van der Waals surface area contributed by atoms with Gasteiger partial charge in [0.25, 0.3) is 0 Å². The summed E-state index contributed by atoms with van der Waals surface area (Å²) in [5.41, 5.74) is 5.78. The lowest BCUT2D eigenvalue weighted by Gasteiger charge is -2.23. The normalized spacial score (nSPS) is 48.1. The molecule has 2 fully saturated rings. The molecule has 3 heteroatoms. The number of aliphatic carboxylic acids is 1. The van der Waals surface area contributed by atoms with Crippen LogP contribution in [0.1, 0.15) is 19.3 Å². The second-order valence-electron chi connectivity index (χ2n) is 3.77. The van der Waals surface area contributed by atoms with Crippen LogP contribution in [0.15, 0.2) is 0 Å². The van der Waals surface area contributed by atoms with E-state index in [0.29, 0.717) is 11.8 Å². The van der Waals surface area contributed by atoms with Crippen molar-refractivity contribution in [1.82, 2.24) is 0 Å². The lowest BCUT2D eigenvalue weighted by molar-refractivity contribution is -0.144. The zero-order chi connectivity index (χ0) is 8.01. The van der Waals surface area contributed by atoms with Crippen molar-refractivity contribution in [3.8, 4) is 0 Å². The molecule has 0 saturated heterocycles. The molecule has 0 unspecified atom stereocenters. The van der Waals surface area contributed by atoms with Gasteiger partial charge in [-0.1, -0.05) is 0 Å². The van der Waals surface area contributed by atoms with Crippen LogP contribution >= 0.6 is 0 Å². The number of hydrogen-bond donors (Lipinski definition) is 2. The van der Waals surface area contributed by atoms with Crippen LogP contribution in [-0.4, -0.2) is 17.1 Å². The highest BCUT2D eigenvalue weighted by Crippen LogP contribution is 2.47. The first kappa shape index (κ1) is 7.10. The van der Waals surface area contributed by atoms with Crippen LogP contribution in [-0.2, 0) is 4.79 Å². The predicted molar refractivity (Wildman–Crippen MR) is 39.9 cm³/mol. The van der Waals surface area contributed by atoms with Crippen molar-refractivity contribution < 1.29 is 9.90 Å². The van der Waals surface area contributed by atoms with E-state index in [1.165, 1.54) is 0 Å². The third-order valence-electron chi connectivity index (χ3n) is 3.27. The van der Waals surface area contributed by atoms with Gasteiger partial charge in [0.1, 0.15) is 0 Å². The predicted octanol–water partition coefficient (Wildman–Crippen LogP) is 0.444. The number of nitrogens with two attached hydrogens (primary N) is 1. The molecule has 62 valence electrons. The average molecular weight is 155 g/mol. The van der Waals surface area contributed by atoms with Crippen LogP contribution < -0.4 is 5.73 Å². The van der Waals surface area contributed by atoms with Crippen molar-refractivity contribution in [1.29, 1.82) is 0 Å².